The molecule has 0 aliphatic heterocycles. The standard InChI is InChI=1S/C11H17NO5S2/c1-6(4-13)8(3)12-19(16,17)10-7(2)5-18-9(10)11(14)15/h5-6,8,12-13H,4H2,1-3H3,(H,14,15). The smallest absolute Gasteiger partial charge is 0.347 e. The molecule has 0 bridgehead atoms. The van der Waals surface area contributed by atoms with Crippen molar-refractivity contribution in [3.05, 3.63) is 15.8 Å². The van der Waals surface area contributed by atoms with Gasteiger partial charge in [0.1, 0.15) is 9.77 Å². The van der Waals surface area contributed by atoms with E-state index in [0.29, 0.717) is 5.56 Å². The molecule has 0 radical (unpaired) electrons. The highest BCUT2D eigenvalue weighted by atomic mass is 32.2. The van der Waals surface area contributed by atoms with Crippen molar-refractivity contribution >= 4 is 27.3 Å². The maximum Gasteiger partial charge on any atom is 0.347 e. The molecule has 0 spiro atoms. The number of hydrogen-bond donors (Lipinski definition) is 3. The topological polar surface area (TPSA) is 104 Å². The zero-order valence-electron chi connectivity index (χ0n) is 10.9. The normalized spacial score (nSPS) is 15.2. The Labute approximate surface area is 116 Å². The van der Waals surface area contributed by atoms with Crippen LogP contribution in [0.15, 0.2) is 10.3 Å². The fourth-order valence-electron chi connectivity index (χ4n) is 1.49. The molecular formula is C11H17NO5S2. The van der Waals surface area contributed by atoms with Gasteiger partial charge in [-0.15, -0.1) is 11.3 Å². The summed E-state index contributed by atoms with van der Waals surface area (Å²) in [5, 5.41) is 19.5. The second kappa shape index (κ2) is 6.00. The Bertz CT molecular complexity index is 564. The fourth-order valence-corrected chi connectivity index (χ4v) is 4.48. The highest BCUT2D eigenvalue weighted by molar-refractivity contribution is 7.89. The lowest BCUT2D eigenvalue weighted by Gasteiger charge is -2.19. The van der Waals surface area contributed by atoms with Crippen LogP contribution in [0.2, 0.25) is 0 Å². The number of thiophene rings is 1. The van der Waals surface area contributed by atoms with E-state index in [0.717, 1.165) is 11.3 Å². The quantitative estimate of drug-likeness (QED) is 0.729. The van der Waals surface area contributed by atoms with E-state index in [2.05, 4.69) is 4.72 Å². The van der Waals surface area contributed by atoms with Crippen LogP contribution in [-0.4, -0.2) is 37.2 Å². The largest absolute Gasteiger partial charge is 0.477 e. The van der Waals surface area contributed by atoms with E-state index in [9.17, 15) is 13.2 Å². The molecule has 1 heterocycles. The van der Waals surface area contributed by atoms with Crippen molar-refractivity contribution in [1.29, 1.82) is 0 Å². The Hall–Kier alpha value is -0.960. The van der Waals surface area contributed by atoms with Crippen molar-refractivity contribution < 1.29 is 23.4 Å². The Balaban J connectivity index is 3.14. The lowest BCUT2D eigenvalue weighted by molar-refractivity contribution is 0.0698. The van der Waals surface area contributed by atoms with Crippen molar-refractivity contribution in [2.75, 3.05) is 6.61 Å². The van der Waals surface area contributed by atoms with E-state index in [-0.39, 0.29) is 22.3 Å². The Kier molecular flexibility index (Phi) is 5.08. The van der Waals surface area contributed by atoms with Crippen molar-refractivity contribution in [3.8, 4) is 0 Å². The van der Waals surface area contributed by atoms with E-state index in [1.165, 1.54) is 5.38 Å². The Morgan fingerprint density at radius 2 is 2.05 bits per heavy atom. The fraction of sp³-hybridized carbons (Fsp3) is 0.545. The average molecular weight is 307 g/mol. The van der Waals surface area contributed by atoms with Crippen LogP contribution in [0, 0.1) is 12.8 Å². The van der Waals surface area contributed by atoms with Gasteiger partial charge in [-0.2, -0.15) is 0 Å². The third-order valence-electron chi connectivity index (χ3n) is 2.86. The minimum absolute atomic E-state index is 0.155. The molecule has 0 saturated heterocycles. The van der Waals surface area contributed by atoms with Crippen LogP contribution in [0.5, 0.6) is 0 Å². The van der Waals surface area contributed by atoms with Gasteiger partial charge in [0.25, 0.3) is 0 Å². The van der Waals surface area contributed by atoms with Gasteiger partial charge in [0.15, 0.2) is 0 Å². The number of carbonyl (C=O) groups is 1. The summed E-state index contributed by atoms with van der Waals surface area (Å²) in [7, 11) is -3.91. The van der Waals surface area contributed by atoms with Crippen molar-refractivity contribution in [2.45, 2.75) is 31.7 Å². The molecule has 0 amide bonds. The van der Waals surface area contributed by atoms with Gasteiger partial charge >= 0.3 is 5.97 Å². The minimum atomic E-state index is -3.91. The summed E-state index contributed by atoms with van der Waals surface area (Å²) >= 11 is 0.884. The molecule has 6 nitrogen and oxygen atoms in total. The zero-order valence-corrected chi connectivity index (χ0v) is 12.5. The van der Waals surface area contributed by atoms with Crippen LogP contribution < -0.4 is 4.72 Å². The number of aliphatic hydroxyl groups is 1. The Morgan fingerprint density at radius 1 is 1.47 bits per heavy atom. The SMILES string of the molecule is Cc1csc(C(=O)O)c1S(=O)(=O)NC(C)C(C)CO. The van der Waals surface area contributed by atoms with E-state index >= 15 is 0 Å². The summed E-state index contributed by atoms with van der Waals surface area (Å²) in [6.07, 6.45) is 0. The lowest BCUT2D eigenvalue weighted by Crippen LogP contribution is -2.38. The van der Waals surface area contributed by atoms with Gasteiger partial charge in [-0.1, -0.05) is 6.92 Å². The number of carboxylic acid groups (broad SMARTS) is 1. The monoisotopic (exact) mass is 307 g/mol. The van der Waals surface area contributed by atoms with Crippen LogP contribution in [-0.2, 0) is 10.0 Å². The lowest BCUT2D eigenvalue weighted by atomic mass is 10.1. The van der Waals surface area contributed by atoms with Gasteiger partial charge in [0.2, 0.25) is 10.0 Å². The Morgan fingerprint density at radius 3 is 2.53 bits per heavy atom. The van der Waals surface area contributed by atoms with Crippen molar-refractivity contribution in [1.82, 2.24) is 4.72 Å². The summed E-state index contributed by atoms with van der Waals surface area (Å²) in [4.78, 5) is 10.6. The minimum Gasteiger partial charge on any atom is -0.477 e. The summed E-state index contributed by atoms with van der Waals surface area (Å²) in [6.45, 7) is 4.72. The summed E-state index contributed by atoms with van der Waals surface area (Å²) in [6, 6.07) is -0.490. The van der Waals surface area contributed by atoms with E-state index in [4.69, 9.17) is 10.2 Å². The predicted molar refractivity (Wildman–Crippen MR) is 72.0 cm³/mol. The molecule has 3 N–H and O–H groups in total. The van der Waals surface area contributed by atoms with Crippen molar-refractivity contribution in [2.24, 2.45) is 5.92 Å². The maximum absolute atomic E-state index is 12.2. The van der Waals surface area contributed by atoms with Gasteiger partial charge in [-0.3, -0.25) is 0 Å². The third-order valence-corrected chi connectivity index (χ3v) is 5.82. The highest BCUT2D eigenvalue weighted by Gasteiger charge is 2.29. The van der Waals surface area contributed by atoms with Crippen LogP contribution >= 0.6 is 11.3 Å². The first-order chi connectivity index (χ1) is 8.70. The molecule has 0 saturated carbocycles. The molecule has 0 fully saturated rings. The molecule has 1 aromatic rings. The molecule has 2 atom stereocenters. The molecule has 19 heavy (non-hydrogen) atoms. The number of aliphatic hydroxyl groups excluding tert-OH is 1. The molecule has 0 aliphatic rings. The van der Waals surface area contributed by atoms with Gasteiger partial charge < -0.3 is 10.2 Å². The van der Waals surface area contributed by atoms with E-state index in [1.807, 2.05) is 0 Å². The number of rotatable bonds is 6. The van der Waals surface area contributed by atoms with E-state index < -0.39 is 22.0 Å². The third kappa shape index (κ3) is 3.53. The first kappa shape index (κ1) is 16.1. The second-order valence-electron chi connectivity index (χ2n) is 4.45. The maximum atomic E-state index is 12.2. The van der Waals surface area contributed by atoms with Crippen LogP contribution in [0.3, 0.4) is 0 Å². The van der Waals surface area contributed by atoms with Gasteiger partial charge in [0.05, 0.1) is 0 Å². The summed E-state index contributed by atoms with van der Waals surface area (Å²) in [5.74, 6) is -1.52. The first-order valence-corrected chi connectivity index (χ1v) is 8.01. The van der Waals surface area contributed by atoms with Crippen LogP contribution in [0.25, 0.3) is 0 Å². The molecule has 1 rings (SSSR count). The number of aryl methyl sites for hydroxylation is 1. The van der Waals surface area contributed by atoms with Crippen molar-refractivity contribution in [3.63, 3.8) is 0 Å². The molecule has 2 unspecified atom stereocenters. The second-order valence-corrected chi connectivity index (χ2v) is 6.98. The summed E-state index contributed by atoms with van der Waals surface area (Å²) in [5.41, 5.74) is 0.402. The number of hydrogen-bond acceptors (Lipinski definition) is 5. The molecular weight excluding hydrogens is 290 g/mol. The van der Waals surface area contributed by atoms with Gasteiger partial charge in [-0.05, 0) is 30.7 Å². The summed E-state index contributed by atoms with van der Waals surface area (Å²) < 4.78 is 26.8. The number of nitrogens with one attached hydrogen (secondary N) is 1. The molecule has 0 aliphatic carbocycles. The van der Waals surface area contributed by atoms with Crippen LogP contribution in [0.1, 0.15) is 29.1 Å². The number of aromatic carboxylic acids is 1. The van der Waals surface area contributed by atoms with Gasteiger partial charge in [-0.25, -0.2) is 17.9 Å². The number of sulfonamides is 1. The average Bonchev–Trinajstić information content (AvgIpc) is 2.70. The van der Waals surface area contributed by atoms with E-state index in [1.54, 1.807) is 20.8 Å². The first-order valence-electron chi connectivity index (χ1n) is 5.65. The van der Waals surface area contributed by atoms with Gasteiger partial charge in [0, 0.05) is 12.6 Å². The molecule has 1 aromatic heterocycles. The molecule has 108 valence electrons. The molecule has 0 aromatic carbocycles. The predicted octanol–water partition coefficient (Wildman–Crippen LogP) is 1.05. The molecule has 8 heteroatoms. The highest BCUT2D eigenvalue weighted by Crippen LogP contribution is 2.27. The zero-order chi connectivity index (χ0) is 14.8. The van der Waals surface area contributed by atoms with Crippen LogP contribution in [0.4, 0.5) is 0 Å². The number of carboxylic acids is 1.